The third-order valence-corrected chi connectivity index (χ3v) is 6.68. The van der Waals surface area contributed by atoms with E-state index in [4.69, 9.17) is 4.74 Å². The highest BCUT2D eigenvalue weighted by Gasteiger charge is 2.40. The number of rotatable bonds is 4. The first-order valence-electron chi connectivity index (χ1n) is 7.97. The van der Waals surface area contributed by atoms with Gasteiger partial charge in [-0.2, -0.15) is 4.31 Å². The Morgan fingerprint density at radius 2 is 1.73 bits per heavy atom. The van der Waals surface area contributed by atoms with Crippen LogP contribution in [0.15, 0.2) is 69.5 Å². The molecule has 1 aliphatic heterocycles. The van der Waals surface area contributed by atoms with Gasteiger partial charge >= 0.3 is 5.97 Å². The average molecular weight is 436 g/mol. The van der Waals surface area contributed by atoms with Crippen LogP contribution in [0.1, 0.15) is 17.2 Å². The maximum absolute atomic E-state index is 13.2. The summed E-state index contributed by atoms with van der Waals surface area (Å²) in [5, 5.41) is 0. The van der Waals surface area contributed by atoms with E-state index in [9.17, 15) is 13.2 Å². The first kappa shape index (κ1) is 18.8. The number of ether oxygens (including phenoxy) is 1. The molecule has 0 saturated carbocycles. The number of carbonyl (C=O) groups is 1. The Bertz CT molecular complexity index is 950. The Morgan fingerprint density at radius 1 is 1.12 bits per heavy atom. The highest BCUT2D eigenvalue weighted by molar-refractivity contribution is 9.10. The minimum absolute atomic E-state index is 0.112. The molecule has 0 saturated heterocycles. The number of methoxy groups -OCH3 is 1. The number of halogens is 1. The SMILES string of the molecule is COC(=O)C1=CCN(S(=O)(=O)c2ccc(C)cc2)[C@@H]1c1ccc(Br)cc1. The Hall–Kier alpha value is -1.96. The van der Waals surface area contributed by atoms with Crippen molar-refractivity contribution in [3.63, 3.8) is 0 Å². The van der Waals surface area contributed by atoms with E-state index < -0.39 is 22.0 Å². The number of benzene rings is 2. The summed E-state index contributed by atoms with van der Waals surface area (Å²) in [5.41, 5.74) is 2.01. The van der Waals surface area contributed by atoms with E-state index in [2.05, 4.69) is 15.9 Å². The third kappa shape index (κ3) is 3.47. The van der Waals surface area contributed by atoms with E-state index in [1.54, 1.807) is 42.5 Å². The minimum atomic E-state index is -3.78. The molecule has 1 aliphatic rings. The third-order valence-electron chi connectivity index (χ3n) is 4.31. The molecule has 0 radical (unpaired) electrons. The molecule has 2 aromatic rings. The lowest BCUT2D eigenvalue weighted by molar-refractivity contribution is -0.136. The molecule has 5 nitrogen and oxygen atoms in total. The molecule has 0 fully saturated rings. The summed E-state index contributed by atoms with van der Waals surface area (Å²) in [4.78, 5) is 12.4. The highest BCUT2D eigenvalue weighted by atomic mass is 79.9. The molecule has 3 rings (SSSR count). The second-order valence-electron chi connectivity index (χ2n) is 5.99. The second kappa shape index (κ2) is 7.34. The van der Waals surface area contributed by atoms with Gasteiger partial charge in [0.15, 0.2) is 0 Å². The molecule has 1 heterocycles. The molecule has 0 aliphatic carbocycles. The fraction of sp³-hybridized carbons (Fsp3) is 0.211. The lowest BCUT2D eigenvalue weighted by Gasteiger charge is -2.26. The number of carbonyl (C=O) groups excluding carboxylic acids is 1. The van der Waals surface area contributed by atoms with Crippen molar-refractivity contribution in [1.29, 1.82) is 0 Å². The van der Waals surface area contributed by atoms with Crippen molar-refractivity contribution in [2.75, 3.05) is 13.7 Å². The number of sulfonamides is 1. The fourth-order valence-corrected chi connectivity index (χ4v) is 4.75. The van der Waals surface area contributed by atoms with Crippen LogP contribution in [-0.2, 0) is 19.6 Å². The van der Waals surface area contributed by atoms with Gasteiger partial charge in [-0.05, 0) is 36.8 Å². The molecule has 1 atom stereocenters. The van der Waals surface area contributed by atoms with Crippen molar-refractivity contribution in [3.05, 3.63) is 75.8 Å². The molecule has 136 valence electrons. The van der Waals surface area contributed by atoms with E-state index in [0.717, 1.165) is 10.0 Å². The molecular weight excluding hydrogens is 418 g/mol. The van der Waals surface area contributed by atoms with Gasteiger partial charge in [0.25, 0.3) is 0 Å². The first-order valence-corrected chi connectivity index (χ1v) is 10.2. The Morgan fingerprint density at radius 3 is 2.31 bits per heavy atom. The predicted octanol–water partition coefficient (Wildman–Crippen LogP) is 3.60. The van der Waals surface area contributed by atoms with Crippen molar-refractivity contribution in [3.8, 4) is 0 Å². The summed E-state index contributed by atoms with van der Waals surface area (Å²) in [6, 6.07) is 13.2. The first-order chi connectivity index (χ1) is 12.3. The minimum Gasteiger partial charge on any atom is -0.466 e. The van der Waals surface area contributed by atoms with E-state index in [1.807, 2.05) is 19.1 Å². The second-order valence-corrected chi connectivity index (χ2v) is 8.80. The summed E-state index contributed by atoms with van der Waals surface area (Å²) in [5.74, 6) is -0.528. The lowest BCUT2D eigenvalue weighted by Crippen LogP contribution is -2.33. The normalized spacial score (nSPS) is 17.8. The van der Waals surface area contributed by atoms with Crippen LogP contribution in [0.2, 0.25) is 0 Å². The zero-order valence-corrected chi connectivity index (χ0v) is 16.7. The van der Waals surface area contributed by atoms with Crippen LogP contribution in [0.3, 0.4) is 0 Å². The summed E-state index contributed by atoms with van der Waals surface area (Å²) >= 11 is 3.37. The molecule has 0 bridgehead atoms. The number of aryl methyl sites for hydroxylation is 1. The number of hydrogen-bond acceptors (Lipinski definition) is 4. The van der Waals surface area contributed by atoms with Gasteiger partial charge in [-0.15, -0.1) is 0 Å². The molecule has 2 aromatic carbocycles. The van der Waals surface area contributed by atoms with Gasteiger partial charge in [0.05, 0.1) is 23.6 Å². The highest BCUT2D eigenvalue weighted by Crippen LogP contribution is 2.38. The Labute approximate surface area is 161 Å². The van der Waals surface area contributed by atoms with Crippen LogP contribution >= 0.6 is 15.9 Å². The van der Waals surface area contributed by atoms with Crippen molar-refractivity contribution in [1.82, 2.24) is 4.31 Å². The van der Waals surface area contributed by atoms with Crippen LogP contribution in [-0.4, -0.2) is 32.3 Å². The molecule has 7 heteroatoms. The van der Waals surface area contributed by atoms with Gasteiger partial charge in [0, 0.05) is 11.0 Å². The van der Waals surface area contributed by atoms with E-state index >= 15 is 0 Å². The van der Waals surface area contributed by atoms with Crippen LogP contribution in [0.25, 0.3) is 0 Å². The molecular formula is C19H18BrNO4S. The summed E-state index contributed by atoms with van der Waals surface area (Å²) < 4.78 is 33.4. The van der Waals surface area contributed by atoms with Gasteiger partial charge in [0.1, 0.15) is 0 Å². The van der Waals surface area contributed by atoms with Crippen LogP contribution < -0.4 is 0 Å². The van der Waals surface area contributed by atoms with Gasteiger partial charge < -0.3 is 4.74 Å². The van der Waals surface area contributed by atoms with E-state index in [-0.39, 0.29) is 11.4 Å². The van der Waals surface area contributed by atoms with E-state index in [1.165, 1.54) is 11.4 Å². The van der Waals surface area contributed by atoms with Crippen LogP contribution in [0.5, 0.6) is 0 Å². The molecule has 0 spiro atoms. The zero-order chi connectivity index (χ0) is 18.9. The summed E-state index contributed by atoms with van der Waals surface area (Å²) in [6.45, 7) is 2.01. The maximum atomic E-state index is 13.2. The summed E-state index contributed by atoms with van der Waals surface area (Å²) in [6.07, 6.45) is 1.62. The number of esters is 1. The van der Waals surface area contributed by atoms with Crippen LogP contribution in [0, 0.1) is 6.92 Å². The standard InChI is InChI=1S/C19H18BrNO4S/c1-13-3-9-16(10-4-13)26(23,24)21-12-11-17(19(22)25-2)18(21)14-5-7-15(20)8-6-14/h3-11,18H,12H2,1-2H3/t18-/m1/s1. The van der Waals surface area contributed by atoms with E-state index in [0.29, 0.717) is 11.1 Å². The topological polar surface area (TPSA) is 63.7 Å². The van der Waals surface area contributed by atoms with Crippen molar-refractivity contribution in [2.24, 2.45) is 0 Å². The predicted molar refractivity (Wildman–Crippen MR) is 102 cm³/mol. The smallest absolute Gasteiger partial charge is 0.335 e. The van der Waals surface area contributed by atoms with Gasteiger partial charge in [-0.25, -0.2) is 13.2 Å². The summed E-state index contributed by atoms with van der Waals surface area (Å²) in [7, 11) is -2.49. The maximum Gasteiger partial charge on any atom is 0.335 e. The van der Waals surface area contributed by atoms with Gasteiger partial charge in [-0.3, -0.25) is 0 Å². The Balaban J connectivity index is 2.06. The van der Waals surface area contributed by atoms with Crippen molar-refractivity contribution in [2.45, 2.75) is 17.9 Å². The average Bonchev–Trinajstić information content (AvgIpc) is 3.08. The molecule has 0 aromatic heterocycles. The van der Waals surface area contributed by atoms with Gasteiger partial charge in [-0.1, -0.05) is 51.8 Å². The number of hydrogen-bond donors (Lipinski definition) is 0. The number of nitrogens with zero attached hydrogens (tertiary/aromatic N) is 1. The lowest BCUT2D eigenvalue weighted by atomic mass is 10.0. The van der Waals surface area contributed by atoms with Crippen LogP contribution in [0.4, 0.5) is 0 Å². The molecule has 0 N–H and O–H groups in total. The molecule has 0 unspecified atom stereocenters. The van der Waals surface area contributed by atoms with Crippen molar-refractivity contribution >= 4 is 31.9 Å². The monoisotopic (exact) mass is 435 g/mol. The zero-order valence-electron chi connectivity index (χ0n) is 14.3. The Kier molecular flexibility index (Phi) is 5.32. The fourth-order valence-electron chi connectivity index (χ4n) is 2.95. The molecule has 26 heavy (non-hydrogen) atoms. The van der Waals surface area contributed by atoms with Gasteiger partial charge in [0.2, 0.25) is 10.0 Å². The molecule has 0 amide bonds. The van der Waals surface area contributed by atoms with Crippen molar-refractivity contribution < 1.29 is 17.9 Å². The largest absolute Gasteiger partial charge is 0.466 e. The quantitative estimate of drug-likeness (QED) is 0.688.